The minimum absolute atomic E-state index is 0.00930. The molecule has 1 aromatic carbocycles. The summed E-state index contributed by atoms with van der Waals surface area (Å²) in [4.78, 5) is 16.2. The molecule has 0 spiro atoms. The number of piperazine rings is 1. The van der Waals surface area contributed by atoms with Crippen molar-refractivity contribution in [2.24, 2.45) is 5.92 Å². The fourth-order valence-corrected chi connectivity index (χ4v) is 2.64. The van der Waals surface area contributed by atoms with Crippen LogP contribution in [0.15, 0.2) is 24.3 Å². The van der Waals surface area contributed by atoms with Gasteiger partial charge in [-0.1, -0.05) is 26.0 Å². The Bertz CT molecular complexity index is 472. The summed E-state index contributed by atoms with van der Waals surface area (Å²) in [5, 5.41) is 3.20. The molecule has 1 N–H and O–H groups in total. The average molecular weight is 293 g/mol. The third kappa shape index (κ3) is 3.94. The predicted octanol–water partition coefficient (Wildman–Crippen LogP) is 1.72. The Kier molecular flexibility index (Phi) is 5.56. The van der Waals surface area contributed by atoms with Crippen LogP contribution >= 0.6 is 0 Å². The van der Waals surface area contributed by atoms with Crippen LogP contribution in [-0.4, -0.2) is 50.1 Å². The fraction of sp³-hybridized carbons (Fsp3) is 0.562. The summed E-state index contributed by atoms with van der Waals surface area (Å²) in [5.41, 5.74) is 0.630. The second-order valence-electron chi connectivity index (χ2n) is 5.47. The Balaban J connectivity index is 1.88. The highest BCUT2D eigenvalue weighted by molar-refractivity contribution is 5.79. The molecule has 0 bridgehead atoms. The van der Waals surface area contributed by atoms with E-state index in [0.717, 1.165) is 6.54 Å². The van der Waals surface area contributed by atoms with Gasteiger partial charge in [-0.15, -0.1) is 0 Å². The van der Waals surface area contributed by atoms with Gasteiger partial charge in [0.25, 0.3) is 0 Å². The first kappa shape index (κ1) is 15.8. The number of nitrogens with one attached hydrogen (secondary N) is 1. The van der Waals surface area contributed by atoms with E-state index in [9.17, 15) is 9.18 Å². The summed E-state index contributed by atoms with van der Waals surface area (Å²) in [6.07, 6.45) is 0. The number of para-hydroxylation sites is 1. The van der Waals surface area contributed by atoms with Crippen LogP contribution in [0.5, 0.6) is 0 Å². The summed E-state index contributed by atoms with van der Waals surface area (Å²) in [5.74, 6) is -0.0214. The number of halogens is 1. The first-order chi connectivity index (χ1) is 10.1. The lowest BCUT2D eigenvalue weighted by Gasteiger charge is -2.37. The van der Waals surface area contributed by atoms with E-state index in [1.807, 2.05) is 29.7 Å². The Morgan fingerprint density at radius 1 is 1.29 bits per heavy atom. The molecular formula is C16H24FN3O. The molecular weight excluding hydrogens is 269 g/mol. The molecule has 21 heavy (non-hydrogen) atoms. The van der Waals surface area contributed by atoms with Gasteiger partial charge in [0.1, 0.15) is 5.82 Å². The highest BCUT2D eigenvalue weighted by Crippen LogP contribution is 2.20. The monoisotopic (exact) mass is 293 g/mol. The zero-order valence-corrected chi connectivity index (χ0v) is 12.8. The lowest BCUT2D eigenvalue weighted by Crippen LogP contribution is -2.51. The number of amides is 1. The standard InChI is InChI=1S/C16H24FN3O/c1-3-18-12-13(2)16(21)20-10-8-19(9-11-20)15-7-5-4-6-14(15)17/h4-7,13,18H,3,8-12H2,1-2H3. The number of carbonyl (C=O) groups excluding carboxylic acids is 1. The normalized spacial score (nSPS) is 16.9. The maximum atomic E-state index is 13.8. The smallest absolute Gasteiger partial charge is 0.226 e. The van der Waals surface area contributed by atoms with Gasteiger partial charge in [-0.2, -0.15) is 0 Å². The third-order valence-corrected chi connectivity index (χ3v) is 3.91. The number of anilines is 1. The van der Waals surface area contributed by atoms with Gasteiger partial charge < -0.3 is 15.1 Å². The molecule has 1 unspecified atom stereocenters. The van der Waals surface area contributed by atoms with Crippen LogP contribution in [0.4, 0.5) is 10.1 Å². The van der Waals surface area contributed by atoms with Crippen molar-refractivity contribution in [1.82, 2.24) is 10.2 Å². The molecule has 1 aliphatic heterocycles. The highest BCUT2D eigenvalue weighted by atomic mass is 19.1. The molecule has 1 heterocycles. The van der Waals surface area contributed by atoms with Gasteiger partial charge in [0.15, 0.2) is 0 Å². The van der Waals surface area contributed by atoms with E-state index in [-0.39, 0.29) is 17.6 Å². The first-order valence-corrected chi connectivity index (χ1v) is 7.62. The van der Waals surface area contributed by atoms with Crippen molar-refractivity contribution < 1.29 is 9.18 Å². The summed E-state index contributed by atoms with van der Waals surface area (Å²) in [6, 6.07) is 6.81. The minimum Gasteiger partial charge on any atom is -0.366 e. The molecule has 1 fully saturated rings. The van der Waals surface area contributed by atoms with Gasteiger partial charge in [0.05, 0.1) is 5.69 Å². The second kappa shape index (κ2) is 7.41. The lowest BCUT2D eigenvalue weighted by atomic mass is 10.1. The van der Waals surface area contributed by atoms with Crippen molar-refractivity contribution in [2.45, 2.75) is 13.8 Å². The van der Waals surface area contributed by atoms with Crippen molar-refractivity contribution in [3.63, 3.8) is 0 Å². The lowest BCUT2D eigenvalue weighted by molar-refractivity contribution is -0.135. The van der Waals surface area contributed by atoms with Crippen molar-refractivity contribution in [3.8, 4) is 0 Å². The fourth-order valence-electron chi connectivity index (χ4n) is 2.64. The maximum absolute atomic E-state index is 13.8. The predicted molar refractivity (Wildman–Crippen MR) is 82.9 cm³/mol. The Morgan fingerprint density at radius 3 is 2.57 bits per heavy atom. The van der Waals surface area contributed by atoms with Crippen LogP contribution in [0, 0.1) is 11.7 Å². The molecule has 2 rings (SSSR count). The molecule has 0 saturated carbocycles. The van der Waals surface area contributed by atoms with Gasteiger partial charge in [-0.05, 0) is 18.7 Å². The Labute approximate surface area is 125 Å². The molecule has 0 aliphatic carbocycles. The molecule has 116 valence electrons. The number of hydrogen-bond acceptors (Lipinski definition) is 3. The molecule has 4 nitrogen and oxygen atoms in total. The van der Waals surface area contributed by atoms with Crippen molar-refractivity contribution in [2.75, 3.05) is 44.2 Å². The largest absolute Gasteiger partial charge is 0.366 e. The molecule has 1 amide bonds. The van der Waals surface area contributed by atoms with Crippen molar-refractivity contribution >= 4 is 11.6 Å². The Hall–Kier alpha value is -1.62. The zero-order valence-electron chi connectivity index (χ0n) is 12.8. The summed E-state index contributed by atoms with van der Waals surface area (Å²) >= 11 is 0. The van der Waals surface area contributed by atoms with E-state index in [1.54, 1.807) is 12.1 Å². The number of rotatable bonds is 5. The van der Waals surface area contributed by atoms with Crippen LogP contribution in [0.3, 0.4) is 0 Å². The quantitative estimate of drug-likeness (QED) is 0.898. The van der Waals surface area contributed by atoms with Gasteiger partial charge in [0, 0.05) is 38.6 Å². The van der Waals surface area contributed by atoms with Crippen LogP contribution in [0.25, 0.3) is 0 Å². The highest BCUT2D eigenvalue weighted by Gasteiger charge is 2.25. The first-order valence-electron chi connectivity index (χ1n) is 7.62. The van der Waals surface area contributed by atoms with E-state index < -0.39 is 0 Å². The maximum Gasteiger partial charge on any atom is 0.226 e. The van der Waals surface area contributed by atoms with Crippen molar-refractivity contribution in [1.29, 1.82) is 0 Å². The van der Waals surface area contributed by atoms with Gasteiger partial charge >= 0.3 is 0 Å². The van der Waals surface area contributed by atoms with E-state index >= 15 is 0 Å². The van der Waals surface area contributed by atoms with Crippen LogP contribution in [-0.2, 0) is 4.79 Å². The summed E-state index contributed by atoms with van der Waals surface area (Å²) in [6.45, 7) is 8.24. The number of hydrogen-bond donors (Lipinski definition) is 1. The van der Waals surface area contributed by atoms with E-state index in [0.29, 0.717) is 38.4 Å². The number of benzene rings is 1. The van der Waals surface area contributed by atoms with Crippen LogP contribution < -0.4 is 10.2 Å². The summed E-state index contributed by atoms with van der Waals surface area (Å²) in [7, 11) is 0. The van der Waals surface area contributed by atoms with E-state index in [4.69, 9.17) is 0 Å². The molecule has 1 aliphatic rings. The molecule has 1 aromatic rings. The molecule has 0 radical (unpaired) electrons. The number of nitrogens with zero attached hydrogens (tertiary/aromatic N) is 2. The van der Waals surface area contributed by atoms with Crippen LogP contribution in [0.2, 0.25) is 0 Å². The topological polar surface area (TPSA) is 35.6 Å². The minimum atomic E-state index is -0.196. The molecule has 5 heteroatoms. The second-order valence-corrected chi connectivity index (χ2v) is 5.47. The van der Waals surface area contributed by atoms with Gasteiger partial charge in [-0.25, -0.2) is 4.39 Å². The van der Waals surface area contributed by atoms with Gasteiger partial charge in [0.2, 0.25) is 5.91 Å². The third-order valence-electron chi connectivity index (χ3n) is 3.91. The van der Waals surface area contributed by atoms with Crippen molar-refractivity contribution in [3.05, 3.63) is 30.1 Å². The average Bonchev–Trinajstić information content (AvgIpc) is 2.52. The molecule has 0 aromatic heterocycles. The van der Waals surface area contributed by atoms with Gasteiger partial charge in [-0.3, -0.25) is 4.79 Å². The Morgan fingerprint density at radius 2 is 1.95 bits per heavy atom. The van der Waals surface area contributed by atoms with E-state index in [1.165, 1.54) is 6.07 Å². The van der Waals surface area contributed by atoms with Crippen LogP contribution in [0.1, 0.15) is 13.8 Å². The molecule has 1 saturated heterocycles. The zero-order chi connectivity index (χ0) is 15.2. The van der Waals surface area contributed by atoms with E-state index in [2.05, 4.69) is 5.32 Å². The number of carbonyl (C=O) groups is 1. The summed E-state index contributed by atoms with van der Waals surface area (Å²) < 4.78 is 13.8. The SMILES string of the molecule is CCNCC(C)C(=O)N1CCN(c2ccccc2F)CC1. The molecule has 1 atom stereocenters.